The van der Waals surface area contributed by atoms with Crippen molar-refractivity contribution in [3.63, 3.8) is 0 Å². The summed E-state index contributed by atoms with van der Waals surface area (Å²) >= 11 is 0. The van der Waals surface area contributed by atoms with Crippen LogP contribution in [0.1, 0.15) is 6.92 Å². The quantitative estimate of drug-likeness (QED) is 0.622. The molecule has 4 N–H and O–H groups in total. The molecule has 0 saturated carbocycles. The topological polar surface area (TPSA) is 105 Å². The first-order valence-electron chi connectivity index (χ1n) is 5.47. The lowest BCUT2D eigenvalue weighted by molar-refractivity contribution is 0.0572. The fraction of sp³-hybridized carbons (Fsp3) is 0.600. The van der Waals surface area contributed by atoms with Crippen LogP contribution >= 0.6 is 0 Å². The van der Waals surface area contributed by atoms with Crippen LogP contribution in [0.5, 0.6) is 5.88 Å². The van der Waals surface area contributed by atoms with Crippen molar-refractivity contribution in [1.82, 2.24) is 9.97 Å². The lowest BCUT2D eigenvalue weighted by Gasteiger charge is -2.19. The van der Waals surface area contributed by atoms with Gasteiger partial charge in [-0.1, -0.05) is 0 Å². The second kappa shape index (κ2) is 4.72. The molecule has 0 spiro atoms. The summed E-state index contributed by atoms with van der Waals surface area (Å²) in [6.07, 6.45) is -0.201. The maximum atomic E-state index is 9.49. The van der Waals surface area contributed by atoms with Crippen LogP contribution in [0.25, 0.3) is 0 Å². The molecule has 7 nitrogen and oxygen atoms in total. The smallest absolute Gasteiger partial charge is 0.242 e. The predicted molar refractivity (Wildman–Crippen MR) is 61.8 cm³/mol. The predicted octanol–water partition coefficient (Wildman–Crippen LogP) is -1.00. The van der Waals surface area contributed by atoms with E-state index in [4.69, 9.17) is 10.5 Å². The van der Waals surface area contributed by atoms with Crippen molar-refractivity contribution in [3.8, 4) is 5.88 Å². The average molecular weight is 240 g/mol. The van der Waals surface area contributed by atoms with E-state index in [2.05, 4.69) is 9.97 Å². The Balaban J connectivity index is 2.24. The summed E-state index contributed by atoms with van der Waals surface area (Å²) in [6, 6.07) is 0. The first-order valence-corrected chi connectivity index (χ1v) is 5.47. The number of anilines is 2. The Kier molecular flexibility index (Phi) is 3.30. The molecule has 0 aliphatic carbocycles. The molecule has 0 radical (unpaired) electrons. The minimum absolute atomic E-state index is 0.300. The van der Waals surface area contributed by atoms with Crippen molar-refractivity contribution >= 4 is 11.5 Å². The van der Waals surface area contributed by atoms with Crippen molar-refractivity contribution in [1.29, 1.82) is 0 Å². The van der Waals surface area contributed by atoms with Crippen LogP contribution in [0, 0.1) is 0 Å². The molecule has 17 heavy (non-hydrogen) atoms. The molecule has 2 rings (SSSR count). The van der Waals surface area contributed by atoms with Crippen molar-refractivity contribution in [3.05, 3.63) is 6.33 Å². The molecule has 2 atom stereocenters. The molecule has 2 unspecified atom stereocenters. The number of ether oxygens (including phenoxy) is 1. The number of hydrogen-bond donors (Lipinski definition) is 3. The van der Waals surface area contributed by atoms with Crippen LogP contribution < -0.4 is 15.4 Å². The van der Waals surface area contributed by atoms with Gasteiger partial charge >= 0.3 is 0 Å². The van der Waals surface area contributed by atoms with Gasteiger partial charge in [-0.25, -0.2) is 4.98 Å². The minimum atomic E-state index is -0.778. The largest absolute Gasteiger partial charge is 0.476 e. The van der Waals surface area contributed by atoms with Crippen molar-refractivity contribution in [2.75, 3.05) is 30.3 Å². The minimum Gasteiger partial charge on any atom is -0.476 e. The third kappa shape index (κ3) is 2.25. The Hall–Kier alpha value is -1.60. The number of aliphatic hydroxyl groups is 2. The zero-order valence-corrected chi connectivity index (χ0v) is 9.58. The molecule has 94 valence electrons. The first kappa shape index (κ1) is 11.9. The van der Waals surface area contributed by atoms with Crippen molar-refractivity contribution in [2.45, 2.75) is 19.1 Å². The maximum absolute atomic E-state index is 9.49. The maximum Gasteiger partial charge on any atom is 0.242 e. The van der Waals surface area contributed by atoms with Gasteiger partial charge in [-0.2, -0.15) is 4.98 Å². The lowest BCUT2D eigenvalue weighted by atomic mass is 10.3. The molecule has 0 aromatic carbocycles. The van der Waals surface area contributed by atoms with E-state index in [-0.39, 0.29) is 0 Å². The van der Waals surface area contributed by atoms with Crippen LogP contribution in [-0.2, 0) is 0 Å². The monoisotopic (exact) mass is 240 g/mol. The summed E-state index contributed by atoms with van der Waals surface area (Å²) in [5.41, 5.74) is 6.21. The summed E-state index contributed by atoms with van der Waals surface area (Å²) < 4.78 is 5.26. The summed E-state index contributed by atoms with van der Waals surface area (Å²) in [5.74, 6) is 0.812. The molecule has 1 saturated heterocycles. The van der Waals surface area contributed by atoms with E-state index < -0.39 is 12.2 Å². The molecular formula is C10H16N4O3. The summed E-state index contributed by atoms with van der Waals surface area (Å²) in [7, 11) is 0. The van der Waals surface area contributed by atoms with E-state index in [1.807, 2.05) is 6.92 Å². The van der Waals surface area contributed by atoms with Crippen LogP contribution in [0.4, 0.5) is 11.5 Å². The number of nitrogens with zero attached hydrogens (tertiary/aromatic N) is 3. The molecule has 0 bridgehead atoms. The Bertz CT molecular complexity index is 391. The van der Waals surface area contributed by atoms with Crippen LogP contribution in [0.15, 0.2) is 6.33 Å². The number of rotatable bonds is 3. The molecule has 0 amide bonds. The fourth-order valence-electron chi connectivity index (χ4n) is 1.82. The molecule has 1 aliphatic rings. The van der Waals surface area contributed by atoms with Gasteiger partial charge in [-0.3, -0.25) is 0 Å². The number of nitrogen functional groups attached to an aromatic ring is 1. The Labute approximate surface area is 98.9 Å². The highest BCUT2D eigenvalue weighted by atomic mass is 16.5. The second-order valence-corrected chi connectivity index (χ2v) is 3.89. The molecule has 2 heterocycles. The number of hydrogen-bond acceptors (Lipinski definition) is 7. The lowest BCUT2D eigenvalue weighted by Crippen LogP contribution is -2.23. The zero-order valence-electron chi connectivity index (χ0n) is 9.58. The van der Waals surface area contributed by atoms with E-state index in [0.717, 1.165) is 0 Å². The van der Waals surface area contributed by atoms with Crippen molar-refractivity contribution in [2.24, 2.45) is 0 Å². The van der Waals surface area contributed by atoms with Gasteiger partial charge < -0.3 is 25.6 Å². The van der Waals surface area contributed by atoms with Crippen LogP contribution in [0.2, 0.25) is 0 Å². The Morgan fingerprint density at radius 2 is 2.06 bits per heavy atom. The highest BCUT2D eigenvalue weighted by Crippen LogP contribution is 2.30. The SMILES string of the molecule is CCOc1ncnc(N2CC(O)C(O)C2)c1N. The molecule has 1 aromatic heterocycles. The highest BCUT2D eigenvalue weighted by molar-refractivity contribution is 5.68. The van der Waals surface area contributed by atoms with Gasteiger partial charge in [0.1, 0.15) is 12.0 Å². The molecule has 1 aromatic rings. The second-order valence-electron chi connectivity index (χ2n) is 3.89. The van der Waals surface area contributed by atoms with Gasteiger partial charge in [0.05, 0.1) is 18.8 Å². The van der Waals surface area contributed by atoms with Gasteiger partial charge in [0, 0.05) is 13.1 Å². The van der Waals surface area contributed by atoms with Crippen LogP contribution in [0.3, 0.4) is 0 Å². The molecule has 7 heteroatoms. The van der Waals surface area contributed by atoms with E-state index in [1.54, 1.807) is 4.90 Å². The molecule has 1 fully saturated rings. The van der Waals surface area contributed by atoms with E-state index >= 15 is 0 Å². The average Bonchev–Trinajstić information content (AvgIpc) is 2.62. The summed E-state index contributed by atoms with van der Waals surface area (Å²) in [5, 5.41) is 19.0. The number of β-amino-alcohol motifs (C(OH)–C–C–N with tert-alkyl or cyclic N) is 2. The highest BCUT2D eigenvalue weighted by Gasteiger charge is 2.31. The Morgan fingerprint density at radius 1 is 1.41 bits per heavy atom. The molecular weight excluding hydrogens is 224 g/mol. The van der Waals surface area contributed by atoms with E-state index in [9.17, 15) is 10.2 Å². The third-order valence-corrected chi connectivity index (χ3v) is 2.67. The van der Waals surface area contributed by atoms with Gasteiger partial charge in [-0.15, -0.1) is 0 Å². The fourth-order valence-corrected chi connectivity index (χ4v) is 1.82. The zero-order chi connectivity index (χ0) is 12.4. The van der Waals surface area contributed by atoms with Gasteiger partial charge in [0.15, 0.2) is 5.82 Å². The number of nitrogens with two attached hydrogens (primary N) is 1. The van der Waals surface area contributed by atoms with Gasteiger partial charge in [0.2, 0.25) is 5.88 Å². The Morgan fingerprint density at radius 3 is 2.65 bits per heavy atom. The van der Waals surface area contributed by atoms with E-state index in [0.29, 0.717) is 37.1 Å². The first-order chi connectivity index (χ1) is 8.13. The summed E-state index contributed by atoms with van der Waals surface area (Å²) in [6.45, 7) is 2.90. The molecule has 1 aliphatic heterocycles. The normalized spacial score (nSPS) is 24.1. The van der Waals surface area contributed by atoms with Gasteiger partial charge in [0.25, 0.3) is 0 Å². The van der Waals surface area contributed by atoms with Gasteiger partial charge in [-0.05, 0) is 6.92 Å². The number of aliphatic hydroxyl groups excluding tert-OH is 2. The van der Waals surface area contributed by atoms with E-state index in [1.165, 1.54) is 6.33 Å². The summed E-state index contributed by atoms with van der Waals surface area (Å²) in [4.78, 5) is 9.70. The van der Waals surface area contributed by atoms with Crippen molar-refractivity contribution < 1.29 is 14.9 Å². The standard InChI is InChI=1S/C10H16N4O3/c1-2-17-10-8(11)9(12-5-13-10)14-3-6(15)7(16)4-14/h5-7,15-16H,2-4,11H2,1H3. The van der Waals surface area contributed by atoms with Crippen LogP contribution in [-0.4, -0.2) is 52.1 Å². The number of aromatic nitrogens is 2. The third-order valence-electron chi connectivity index (χ3n) is 2.67.